The predicted molar refractivity (Wildman–Crippen MR) is 267 cm³/mol. The minimum atomic E-state index is -2.09. The van der Waals surface area contributed by atoms with Crippen molar-refractivity contribution >= 4 is 11.9 Å². The molecule has 15 N–H and O–H groups in total. The van der Waals surface area contributed by atoms with Gasteiger partial charge >= 0.3 is 11.9 Å². The number of fused-ring (bicyclic) bond motifs is 5. The van der Waals surface area contributed by atoms with Crippen LogP contribution in [-0.4, -0.2) is 244 Å². The molecule has 7 fully saturated rings. The summed E-state index contributed by atoms with van der Waals surface area (Å²) in [5, 5.41) is 160. The molecule has 452 valence electrons. The summed E-state index contributed by atoms with van der Waals surface area (Å²) in [4.78, 5) is 28.0. The van der Waals surface area contributed by atoms with Crippen LogP contribution >= 0.6 is 0 Å². The van der Waals surface area contributed by atoms with Crippen molar-refractivity contribution in [1.82, 2.24) is 0 Å². The molecule has 25 nitrogen and oxygen atoms in total. The normalized spacial score (nSPS) is 49.8. The minimum Gasteiger partial charge on any atom is -0.478 e. The van der Waals surface area contributed by atoms with Gasteiger partial charge in [-0.05, 0) is 104 Å². The maximum Gasteiger partial charge on any atom is 0.331 e. The maximum absolute atomic E-state index is 15.5. The van der Waals surface area contributed by atoms with Crippen LogP contribution < -0.4 is 0 Å². The van der Waals surface area contributed by atoms with E-state index in [2.05, 4.69) is 47.3 Å². The van der Waals surface area contributed by atoms with Crippen LogP contribution in [0.2, 0.25) is 0 Å². The molecule has 0 aromatic heterocycles. The van der Waals surface area contributed by atoms with E-state index in [9.17, 15) is 81.4 Å². The third-order valence-electron chi connectivity index (χ3n) is 20.3. The fourth-order valence-electron chi connectivity index (χ4n) is 15.2. The van der Waals surface area contributed by atoms with E-state index in [1.807, 2.05) is 0 Å². The second-order valence-corrected chi connectivity index (χ2v) is 25.1. The molecule has 0 aromatic carbocycles. The number of rotatable bonds is 17. The summed E-state index contributed by atoms with van der Waals surface area (Å²) in [6, 6.07) is 0. The van der Waals surface area contributed by atoms with E-state index >= 15 is 4.79 Å². The lowest BCUT2D eigenvalue weighted by Gasteiger charge is -2.69. The highest BCUT2D eigenvalue weighted by molar-refractivity contribution is 5.86. The zero-order valence-electron chi connectivity index (χ0n) is 45.5. The van der Waals surface area contributed by atoms with Gasteiger partial charge in [0.25, 0.3) is 0 Å². The number of aliphatic hydroxyl groups excluding tert-OH is 14. The lowest BCUT2D eigenvalue weighted by molar-refractivity contribution is -0.377. The summed E-state index contributed by atoms with van der Waals surface area (Å²) in [6.45, 7) is 11.5. The number of aliphatic hydroxyl groups is 14. The topological polar surface area (TPSA) is 411 Å². The van der Waals surface area contributed by atoms with Gasteiger partial charge in [-0.3, -0.25) is 4.79 Å². The predicted octanol–water partition coefficient (Wildman–Crippen LogP) is -2.80. The quantitative estimate of drug-likeness (QED) is 0.0397. The standard InChI is InChI=1S/C54H86O25/c1-23(44(69)70)24-10-12-53(6)31(51(24,4)11-7-17-55)9-8-25-26-18-50(2,3)13-15-54(26,16-14-52(25,53)5)49(71)79-47-41(68)42(77-45-39(66)36(63)32(59)27(19-56)73-45)35(62)30(76-47)22-72-48-43(38(65)34(61)29(21-58)75-48)78-46-40(67)37(64)33(60)28(20-57)74-46/h8,24,26-43,45-48,55-68H,1,7,9-22H2,2-6H3,(H,69,70)/t24-,26-,27+,28+,29+,30+,31+,32+,33+,34+,35+,36-,37-,38-,39+,40+,41+,42-,43+,45-,46-,47-,48+,51-,52+,53+,54-/m0/s1. The molecule has 0 amide bonds. The molecule has 0 spiro atoms. The second kappa shape index (κ2) is 23.9. The first-order valence-electron chi connectivity index (χ1n) is 27.7. The number of esters is 1. The summed E-state index contributed by atoms with van der Waals surface area (Å²) in [7, 11) is 0. The molecule has 4 heterocycles. The highest BCUT2D eigenvalue weighted by Crippen LogP contribution is 2.74. The molecule has 0 unspecified atom stereocenters. The van der Waals surface area contributed by atoms with E-state index in [1.54, 1.807) is 0 Å². The van der Waals surface area contributed by atoms with Crippen molar-refractivity contribution in [3.8, 4) is 0 Å². The van der Waals surface area contributed by atoms with Gasteiger partial charge in [-0.15, -0.1) is 0 Å². The first kappa shape index (κ1) is 62.6. The van der Waals surface area contributed by atoms with Crippen molar-refractivity contribution in [2.45, 2.75) is 222 Å². The Balaban J connectivity index is 1.10. The van der Waals surface area contributed by atoms with Crippen LogP contribution in [0.3, 0.4) is 0 Å². The van der Waals surface area contributed by atoms with Crippen molar-refractivity contribution in [3.05, 3.63) is 23.8 Å². The summed E-state index contributed by atoms with van der Waals surface area (Å²) in [5.41, 5.74) is -1.63. The van der Waals surface area contributed by atoms with Crippen LogP contribution in [0.1, 0.15) is 98.8 Å². The third kappa shape index (κ3) is 11.0. The number of allylic oxidation sites excluding steroid dienone is 2. The number of hydrogen-bond acceptors (Lipinski definition) is 24. The number of ether oxygens (including phenoxy) is 8. The van der Waals surface area contributed by atoms with Gasteiger partial charge in [-0.2, -0.15) is 0 Å². The molecule has 0 bridgehead atoms. The van der Waals surface area contributed by atoms with Crippen LogP contribution in [0.4, 0.5) is 0 Å². The lowest BCUT2D eigenvalue weighted by atomic mass is 9.35. The summed E-state index contributed by atoms with van der Waals surface area (Å²) < 4.78 is 47.1. The molecule has 25 heteroatoms. The largest absolute Gasteiger partial charge is 0.478 e. The summed E-state index contributed by atoms with van der Waals surface area (Å²) in [5.74, 6) is -2.54. The van der Waals surface area contributed by atoms with Crippen LogP contribution in [-0.2, 0) is 47.5 Å². The Labute approximate surface area is 458 Å². The van der Waals surface area contributed by atoms with Gasteiger partial charge in [0.15, 0.2) is 18.9 Å². The molecule has 4 saturated heterocycles. The average molecular weight is 1140 g/mol. The van der Waals surface area contributed by atoms with Gasteiger partial charge in [0, 0.05) is 12.2 Å². The molecule has 27 atom stereocenters. The number of carbonyl (C=O) groups excluding carboxylic acids is 1. The van der Waals surface area contributed by atoms with E-state index in [-0.39, 0.29) is 34.8 Å². The number of carboxylic acids is 1. The molecule has 3 saturated carbocycles. The van der Waals surface area contributed by atoms with Gasteiger partial charge in [0.1, 0.15) is 97.7 Å². The van der Waals surface area contributed by atoms with Gasteiger partial charge < -0.3 is 114 Å². The van der Waals surface area contributed by atoms with E-state index in [1.165, 1.54) is 0 Å². The smallest absolute Gasteiger partial charge is 0.331 e. The highest BCUT2D eigenvalue weighted by atomic mass is 16.8. The average Bonchev–Trinajstić information content (AvgIpc) is 3.27. The molecule has 0 radical (unpaired) electrons. The summed E-state index contributed by atoms with van der Waals surface area (Å²) >= 11 is 0. The van der Waals surface area contributed by atoms with Crippen LogP contribution in [0, 0.1) is 44.8 Å². The lowest BCUT2D eigenvalue weighted by Crippen LogP contribution is -2.66. The Morgan fingerprint density at radius 1 is 0.620 bits per heavy atom. The van der Waals surface area contributed by atoms with Crippen LogP contribution in [0.25, 0.3) is 0 Å². The minimum absolute atomic E-state index is 0.0142. The second-order valence-electron chi connectivity index (χ2n) is 25.1. The number of aliphatic carboxylic acids is 1. The van der Waals surface area contributed by atoms with E-state index in [0.717, 1.165) is 5.57 Å². The SMILES string of the molecule is C=C(C(=O)O)[C@@H]1CC[C@]2(C)[C@H](CC=C3[C@@H]4CC(C)(C)CC[C@]4(C(=O)O[C@@H]4O[C@H](CO[C@@H]5O[C@H](CO)[C@@H](O)[C@H](O)[C@H]5O[C@@H]5O[C@H](CO)[C@@H](O)[C@H](O)[C@H]5O)[C@@H](O)[C@H](O[C@@H]5O[C@H](CO)[C@@H](O)[C@H](O)[C@H]5O)[C@H]4O)CC[C@]32C)[C@@]1(C)CCCO. The van der Waals surface area contributed by atoms with E-state index in [4.69, 9.17) is 37.9 Å². The van der Waals surface area contributed by atoms with Crippen molar-refractivity contribution in [1.29, 1.82) is 0 Å². The highest BCUT2D eigenvalue weighted by Gasteiger charge is 2.68. The molecular weight excluding hydrogens is 1050 g/mol. The maximum atomic E-state index is 15.5. The number of carboxylic acid groups (broad SMARTS) is 1. The molecule has 8 rings (SSSR count). The Hall–Kier alpha value is -2.42. The van der Waals surface area contributed by atoms with E-state index in [0.29, 0.717) is 64.2 Å². The zero-order valence-corrected chi connectivity index (χ0v) is 45.5. The van der Waals surface area contributed by atoms with Crippen molar-refractivity contribution < 1.29 is 124 Å². The fourth-order valence-corrected chi connectivity index (χ4v) is 15.2. The van der Waals surface area contributed by atoms with E-state index < -0.39 is 183 Å². The van der Waals surface area contributed by atoms with Gasteiger partial charge in [0.05, 0.1) is 31.8 Å². The Morgan fingerprint density at radius 3 is 1.71 bits per heavy atom. The van der Waals surface area contributed by atoms with Crippen molar-refractivity contribution in [2.24, 2.45) is 44.8 Å². The monoisotopic (exact) mass is 1130 g/mol. The zero-order chi connectivity index (χ0) is 58.1. The first-order valence-corrected chi connectivity index (χ1v) is 27.7. The fraction of sp³-hybridized carbons (Fsp3) is 0.889. The third-order valence-corrected chi connectivity index (χ3v) is 20.3. The van der Waals surface area contributed by atoms with Gasteiger partial charge in [-0.1, -0.05) is 52.8 Å². The Kier molecular flexibility index (Phi) is 19.0. The number of hydrogen-bond donors (Lipinski definition) is 15. The molecule has 4 aliphatic heterocycles. The molecule has 8 aliphatic rings. The van der Waals surface area contributed by atoms with Crippen molar-refractivity contribution in [2.75, 3.05) is 33.0 Å². The Bertz CT molecular complexity index is 2180. The molecule has 79 heavy (non-hydrogen) atoms. The Morgan fingerprint density at radius 2 is 1.15 bits per heavy atom. The summed E-state index contributed by atoms with van der Waals surface area (Å²) in [6.07, 6.45) is -29.6. The molecular formula is C54H86O25. The molecule has 0 aromatic rings. The van der Waals surface area contributed by atoms with Crippen molar-refractivity contribution in [3.63, 3.8) is 0 Å². The van der Waals surface area contributed by atoms with Crippen LogP contribution in [0.5, 0.6) is 0 Å². The van der Waals surface area contributed by atoms with Crippen LogP contribution in [0.15, 0.2) is 23.8 Å². The number of carbonyl (C=O) groups is 2. The van der Waals surface area contributed by atoms with Gasteiger partial charge in [-0.25, -0.2) is 4.79 Å². The van der Waals surface area contributed by atoms with Gasteiger partial charge in [0.2, 0.25) is 6.29 Å². The first-order chi connectivity index (χ1) is 37.1. The molecule has 4 aliphatic carbocycles.